The lowest BCUT2D eigenvalue weighted by Gasteiger charge is -2.28. The summed E-state index contributed by atoms with van der Waals surface area (Å²) in [7, 11) is 0. The Morgan fingerprint density at radius 1 is 1.14 bits per heavy atom. The van der Waals surface area contributed by atoms with E-state index in [1.807, 2.05) is 50.2 Å². The van der Waals surface area contributed by atoms with Gasteiger partial charge in [0.1, 0.15) is 5.75 Å². The highest BCUT2D eigenvalue weighted by atomic mass is 79.9. The summed E-state index contributed by atoms with van der Waals surface area (Å²) in [4.78, 5) is 14.6. The van der Waals surface area contributed by atoms with Crippen molar-refractivity contribution < 1.29 is 13.9 Å². The topological polar surface area (TPSA) is 68.5 Å². The molecule has 0 radical (unpaired) electrons. The summed E-state index contributed by atoms with van der Waals surface area (Å²) in [5, 5.41) is 8.67. The maximum atomic E-state index is 13.0. The third-order valence-electron chi connectivity index (χ3n) is 4.26. The van der Waals surface area contributed by atoms with Gasteiger partial charge in [-0.05, 0) is 57.2 Å². The zero-order chi connectivity index (χ0) is 21.0. The summed E-state index contributed by atoms with van der Waals surface area (Å²) >= 11 is 9.57. The maximum absolute atomic E-state index is 13.0. The minimum absolute atomic E-state index is 0.0749. The lowest BCUT2D eigenvalue weighted by molar-refractivity contribution is -0.140. The zero-order valence-corrected chi connectivity index (χ0v) is 18.6. The Hall–Kier alpha value is -2.38. The number of nitrogens with zero attached hydrogens (tertiary/aromatic N) is 3. The van der Waals surface area contributed by atoms with Crippen LogP contribution in [0, 0.1) is 0 Å². The van der Waals surface area contributed by atoms with Crippen LogP contribution in [-0.2, 0) is 11.3 Å². The highest BCUT2D eigenvalue weighted by molar-refractivity contribution is 9.10. The van der Waals surface area contributed by atoms with Gasteiger partial charge in [0.25, 0.3) is 5.91 Å². The molecule has 1 amide bonds. The van der Waals surface area contributed by atoms with Crippen molar-refractivity contribution in [3.05, 3.63) is 63.9 Å². The monoisotopic (exact) mass is 477 g/mol. The van der Waals surface area contributed by atoms with Crippen molar-refractivity contribution in [2.45, 2.75) is 39.5 Å². The van der Waals surface area contributed by atoms with Crippen LogP contribution >= 0.6 is 27.5 Å². The first-order valence-electron chi connectivity index (χ1n) is 9.15. The third-order valence-corrected chi connectivity index (χ3v) is 5.12. The average Bonchev–Trinajstić information content (AvgIpc) is 3.16. The van der Waals surface area contributed by atoms with Crippen molar-refractivity contribution in [1.82, 2.24) is 15.1 Å². The molecular weight excluding hydrogens is 458 g/mol. The number of amides is 1. The number of rotatable bonds is 7. The van der Waals surface area contributed by atoms with Crippen molar-refractivity contribution in [2.75, 3.05) is 0 Å². The third kappa shape index (κ3) is 5.36. The van der Waals surface area contributed by atoms with E-state index in [4.69, 9.17) is 20.8 Å². The van der Waals surface area contributed by atoms with Gasteiger partial charge in [0.15, 0.2) is 6.10 Å². The molecule has 29 heavy (non-hydrogen) atoms. The minimum Gasteiger partial charge on any atom is -0.481 e. The van der Waals surface area contributed by atoms with Crippen LogP contribution < -0.4 is 4.74 Å². The standard InChI is InChI=1S/C21H21BrClN3O3/c1-13(2)26(21(27)14(3)28-16-10-8-15(22)9-11-16)12-19-24-25-20(29-19)17-6-4-5-7-18(17)23/h4-11,13-14H,12H2,1-3H3. The molecule has 0 saturated heterocycles. The number of benzene rings is 2. The zero-order valence-electron chi connectivity index (χ0n) is 16.3. The number of ether oxygens (including phenoxy) is 1. The molecule has 3 aromatic rings. The Morgan fingerprint density at radius 3 is 2.48 bits per heavy atom. The fourth-order valence-corrected chi connectivity index (χ4v) is 3.20. The van der Waals surface area contributed by atoms with Crippen LogP contribution in [0.4, 0.5) is 0 Å². The van der Waals surface area contributed by atoms with Crippen molar-refractivity contribution in [3.63, 3.8) is 0 Å². The molecule has 0 N–H and O–H groups in total. The van der Waals surface area contributed by atoms with Gasteiger partial charge in [-0.1, -0.05) is 39.7 Å². The van der Waals surface area contributed by atoms with Crippen LogP contribution in [-0.4, -0.2) is 33.2 Å². The van der Waals surface area contributed by atoms with E-state index in [1.165, 1.54) is 0 Å². The molecule has 0 fully saturated rings. The van der Waals surface area contributed by atoms with Crippen molar-refractivity contribution in [2.24, 2.45) is 0 Å². The summed E-state index contributed by atoms with van der Waals surface area (Å²) in [5.74, 6) is 1.11. The van der Waals surface area contributed by atoms with E-state index < -0.39 is 6.10 Å². The fourth-order valence-electron chi connectivity index (χ4n) is 2.72. The van der Waals surface area contributed by atoms with E-state index in [1.54, 1.807) is 24.0 Å². The molecule has 6 nitrogen and oxygen atoms in total. The molecule has 1 atom stereocenters. The first-order valence-corrected chi connectivity index (χ1v) is 10.3. The van der Waals surface area contributed by atoms with E-state index in [0.717, 1.165) is 4.47 Å². The second kappa shape index (κ2) is 9.41. The summed E-state index contributed by atoms with van der Waals surface area (Å²) in [6, 6.07) is 14.5. The Morgan fingerprint density at radius 2 is 1.83 bits per heavy atom. The molecule has 0 saturated carbocycles. The quantitative estimate of drug-likeness (QED) is 0.457. The molecule has 0 bridgehead atoms. The summed E-state index contributed by atoms with van der Waals surface area (Å²) in [6.45, 7) is 5.76. The first kappa shape index (κ1) is 21.3. The minimum atomic E-state index is -0.662. The van der Waals surface area contributed by atoms with E-state index >= 15 is 0 Å². The molecule has 0 aliphatic rings. The van der Waals surface area contributed by atoms with E-state index in [-0.39, 0.29) is 18.5 Å². The molecular formula is C21H21BrClN3O3. The largest absolute Gasteiger partial charge is 0.481 e. The Balaban J connectivity index is 1.72. The van der Waals surface area contributed by atoms with Gasteiger partial charge in [0.2, 0.25) is 11.8 Å². The second-order valence-electron chi connectivity index (χ2n) is 6.75. The number of carbonyl (C=O) groups excluding carboxylic acids is 1. The Kier molecular flexibility index (Phi) is 6.92. The van der Waals surface area contributed by atoms with Crippen LogP contribution in [0.3, 0.4) is 0 Å². The second-order valence-corrected chi connectivity index (χ2v) is 8.08. The van der Waals surface area contributed by atoms with Crippen LogP contribution in [0.5, 0.6) is 5.75 Å². The number of aromatic nitrogens is 2. The van der Waals surface area contributed by atoms with Gasteiger partial charge in [-0.15, -0.1) is 10.2 Å². The predicted molar refractivity (Wildman–Crippen MR) is 115 cm³/mol. The van der Waals surface area contributed by atoms with Crippen LogP contribution in [0.25, 0.3) is 11.5 Å². The molecule has 0 aliphatic heterocycles. The van der Waals surface area contributed by atoms with Crippen LogP contribution in [0.1, 0.15) is 26.7 Å². The lowest BCUT2D eigenvalue weighted by atomic mass is 10.2. The van der Waals surface area contributed by atoms with Gasteiger partial charge in [0.05, 0.1) is 17.1 Å². The summed E-state index contributed by atoms with van der Waals surface area (Å²) in [6.07, 6.45) is -0.662. The fraction of sp³-hybridized carbons (Fsp3) is 0.286. The molecule has 1 unspecified atom stereocenters. The Labute approximate surface area is 183 Å². The van der Waals surface area contributed by atoms with Crippen molar-refractivity contribution in [1.29, 1.82) is 0 Å². The normalized spacial score (nSPS) is 12.1. The number of carbonyl (C=O) groups is 1. The highest BCUT2D eigenvalue weighted by Gasteiger charge is 2.26. The summed E-state index contributed by atoms with van der Waals surface area (Å²) < 4.78 is 12.5. The van der Waals surface area contributed by atoms with E-state index in [2.05, 4.69) is 26.1 Å². The van der Waals surface area contributed by atoms with Gasteiger partial charge in [-0.2, -0.15) is 0 Å². The molecule has 8 heteroatoms. The highest BCUT2D eigenvalue weighted by Crippen LogP contribution is 2.26. The van der Waals surface area contributed by atoms with Crippen molar-refractivity contribution >= 4 is 33.4 Å². The Bertz CT molecular complexity index is 975. The first-order chi connectivity index (χ1) is 13.8. The number of hydrogen-bond acceptors (Lipinski definition) is 5. The SMILES string of the molecule is CC(Oc1ccc(Br)cc1)C(=O)N(Cc1nnc(-c2ccccc2Cl)o1)C(C)C. The molecule has 0 aliphatic carbocycles. The summed E-state index contributed by atoms with van der Waals surface area (Å²) in [5.41, 5.74) is 0.655. The average molecular weight is 479 g/mol. The molecule has 3 rings (SSSR count). The number of hydrogen-bond donors (Lipinski definition) is 0. The van der Waals surface area contributed by atoms with Gasteiger partial charge in [-0.25, -0.2) is 0 Å². The van der Waals surface area contributed by atoms with Gasteiger partial charge in [-0.3, -0.25) is 4.79 Å². The predicted octanol–water partition coefficient (Wildman–Crippen LogP) is 5.36. The van der Waals surface area contributed by atoms with Crippen LogP contribution in [0.2, 0.25) is 5.02 Å². The maximum Gasteiger partial charge on any atom is 0.264 e. The molecule has 2 aromatic carbocycles. The van der Waals surface area contributed by atoms with E-state index in [9.17, 15) is 4.79 Å². The molecule has 1 heterocycles. The molecule has 0 spiro atoms. The smallest absolute Gasteiger partial charge is 0.264 e. The van der Waals surface area contributed by atoms with Crippen LogP contribution in [0.15, 0.2) is 57.4 Å². The van der Waals surface area contributed by atoms with Gasteiger partial charge in [0, 0.05) is 10.5 Å². The lowest BCUT2D eigenvalue weighted by Crippen LogP contribution is -2.43. The molecule has 152 valence electrons. The van der Waals surface area contributed by atoms with E-state index in [0.29, 0.717) is 28.1 Å². The van der Waals surface area contributed by atoms with Gasteiger partial charge < -0.3 is 14.1 Å². The number of halogens is 2. The van der Waals surface area contributed by atoms with Crippen molar-refractivity contribution in [3.8, 4) is 17.2 Å². The van der Waals surface area contributed by atoms with Gasteiger partial charge >= 0.3 is 0 Å². The molecule has 1 aromatic heterocycles.